The van der Waals surface area contributed by atoms with Crippen LogP contribution in [0.1, 0.15) is 11.3 Å². The van der Waals surface area contributed by atoms with Crippen molar-refractivity contribution in [2.45, 2.75) is 13.1 Å². The molecule has 3 nitrogen and oxygen atoms in total. The zero-order valence-electron chi connectivity index (χ0n) is 9.17. The Morgan fingerprint density at radius 1 is 1.22 bits per heavy atom. The maximum atomic E-state index is 13.5. The third kappa shape index (κ3) is 1.81. The van der Waals surface area contributed by atoms with Gasteiger partial charge in [-0.25, -0.2) is 18.7 Å². The van der Waals surface area contributed by atoms with E-state index in [0.717, 1.165) is 23.9 Å². The van der Waals surface area contributed by atoms with Crippen LogP contribution in [0.15, 0.2) is 22.8 Å². The van der Waals surface area contributed by atoms with Gasteiger partial charge in [-0.3, -0.25) is 0 Å². The van der Waals surface area contributed by atoms with Crippen LogP contribution in [0.25, 0.3) is 11.4 Å². The summed E-state index contributed by atoms with van der Waals surface area (Å²) in [4.78, 5) is 8.54. The highest BCUT2D eigenvalue weighted by Crippen LogP contribution is 2.30. The van der Waals surface area contributed by atoms with E-state index in [9.17, 15) is 8.78 Å². The van der Waals surface area contributed by atoms with Crippen LogP contribution in [0.5, 0.6) is 0 Å². The molecule has 3 rings (SSSR count). The molecule has 0 saturated carbocycles. The van der Waals surface area contributed by atoms with E-state index in [1.807, 2.05) is 0 Å². The Kier molecular flexibility index (Phi) is 2.83. The largest absolute Gasteiger partial charge is 0.307 e. The number of rotatable bonds is 1. The number of benzene rings is 1. The molecule has 6 heteroatoms. The zero-order valence-corrected chi connectivity index (χ0v) is 10.8. The standard InChI is InChI=1S/C12H8BrF2N3/c13-10-7(1-2-8(14)11(10)15)12-17-4-6-3-16-5-9(6)18-12/h1-2,4,16H,3,5H2. The second-order valence-corrected chi connectivity index (χ2v) is 4.79. The molecule has 1 aliphatic rings. The summed E-state index contributed by atoms with van der Waals surface area (Å²) in [5.74, 6) is -1.42. The van der Waals surface area contributed by atoms with Crippen molar-refractivity contribution >= 4 is 15.9 Å². The molecule has 2 heterocycles. The average molecular weight is 312 g/mol. The lowest BCUT2D eigenvalue weighted by atomic mass is 10.2. The first-order valence-corrected chi connectivity index (χ1v) is 6.15. The summed E-state index contributed by atoms with van der Waals surface area (Å²) in [6, 6.07) is 2.54. The van der Waals surface area contributed by atoms with Gasteiger partial charge in [0.05, 0.1) is 10.2 Å². The molecule has 0 aliphatic carbocycles. The summed E-state index contributed by atoms with van der Waals surface area (Å²) < 4.78 is 26.5. The van der Waals surface area contributed by atoms with Gasteiger partial charge in [0.2, 0.25) is 0 Å². The summed E-state index contributed by atoms with van der Waals surface area (Å²) in [6.07, 6.45) is 1.71. The van der Waals surface area contributed by atoms with Crippen LogP contribution in [0.2, 0.25) is 0 Å². The fourth-order valence-corrected chi connectivity index (χ4v) is 2.39. The quantitative estimate of drug-likeness (QED) is 0.823. The highest BCUT2D eigenvalue weighted by Gasteiger charge is 2.17. The summed E-state index contributed by atoms with van der Waals surface area (Å²) in [5, 5.41) is 3.15. The highest BCUT2D eigenvalue weighted by molar-refractivity contribution is 9.10. The first-order chi connectivity index (χ1) is 8.66. The van der Waals surface area contributed by atoms with Crippen molar-refractivity contribution in [3.05, 3.63) is 45.7 Å². The van der Waals surface area contributed by atoms with E-state index in [-0.39, 0.29) is 4.47 Å². The minimum absolute atomic E-state index is 0.0495. The Labute approximate surface area is 110 Å². The monoisotopic (exact) mass is 311 g/mol. The van der Waals surface area contributed by atoms with Crippen molar-refractivity contribution in [2.75, 3.05) is 0 Å². The minimum Gasteiger partial charge on any atom is -0.307 e. The van der Waals surface area contributed by atoms with Gasteiger partial charge in [0, 0.05) is 30.4 Å². The van der Waals surface area contributed by atoms with Gasteiger partial charge in [0.1, 0.15) is 0 Å². The van der Waals surface area contributed by atoms with Crippen molar-refractivity contribution in [1.82, 2.24) is 15.3 Å². The molecule has 0 radical (unpaired) electrons. The topological polar surface area (TPSA) is 37.8 Å². The van der Waals surface area contributed by atoms with E-state index < -0.39 is 11.6 Å². The third-order valence-corrected chi connectivity index (χ3v) is 3.61. The molecule has 1 aromatic heterocycles. The first kappa shape index (κ1) is 11.7. The lowest BCUT2D eigenvalue weighted by Crippen LogP contribution is -2.00. The predicted octanol–water partition coefficient (Wildman–Crippen LogP) is 2.79. The van der Waals surface area contributed by atoms with Crippen LogP contribution in [0, 0.1) is 11.6 Å². The summed E-state index contributed by atoms with van der Waals surface area (Å²) >= 11 is 3.04. The van der Waals surface area contributed by atoms with Crippen LogP contribution in [0.4, 0.5) is 8.78 Å². The molecule has 0 amide bonds. The molecule has 0 saturated heterocycles. The Morgan fingerprint density at radius 3 is 2.89 bits per heavy atom. The molecular weight excluding hydrogens is 304 g/mol. The van der Waals surface area contributed by atoms with E-state index in [0.29, 0.717) is 17.9 Å². The van der Waals surface area contributed by atoms with E-state index >= 15 is 0 Å². The lowest BCUT2D eigenvalue weighted by Gasteiger charge is -2.06. The minimum atomic E-state index is -0.922. The second kappa shape index (κ2) is 4.37. The van der Waals surface area contributed by atoms with Crippen molar-refractivity contribution < 1.29 is 8.78 Å². The number of aromatic nitrogens is 2. The number of hydrogen-bond acceptors (Lipinski definition) is 3. The molecule has 0 spiro atoms. The maximum Gasteiger partial charge on any atom is 0.173 e. The molecule has 2 aromatic rings. The Balaban J connectivity index is 2.13. The molecule has 1 aliphatic heterocycles. The Morgan fingerprint density at radius 2 is 2.06 bits per heavy atom. The van der Waals surface area contributed by atoms with Crippen molar-refractivity contribution in [3.8, 4) is 11.4 Å². The molecule has 0 fully saturated rings. The number of hydrogen-bond donors (Lipinski definition) is 1. The van der Waals surface area contributed by atoms with Crippen LogP contribution in [0.3, 0.4) is 0 Å². The fourth-order valence-electron chi connectivity index (χ4n) is 1.89. The van der Waals surface area contributed by atoms with E-state index in [2.05, 4.69) is 31.2 Å². The van der Waals surface area contributed by atoms with Crippen LogP contribution in [-0.4, -0.2) is 9.97 Å². The smallest absolute Gasteiger partial charge is 0.173 e. The molecule has 0 atom stereocenters. The highest BCUT2D eigenvalue weighted by atomic mass is 79.9. The van der Waals surface area contributed by atoms with Gasteiger partial charge < -0.3 is 5.32 Å². The first-order valence-electron chi connectivity index (χ1n) is 5.36. The normalized spacial score (nSPS) is 13.7. The van der Waals surface area contributed by atoms with Crippen molar-refractivity contribution in [1.29, 1.82) is 0 Å². The van der Waals surface area contributed by atoms with Gasteiger partial charge in [-0.2, -0.15) is 0 Å². The van der Waals surface area contributed by atoms with Crippen molar-refractivity contribution in [2.24, 2.45) is 0 Å². The van der Waals surface area contributed by atoms with Crippen molar-refractivity contribution in [3.63, 3.8) is 0 Å². The van der Waals surface area contributed by atoms with Crippen LogP contribution >= 0.6 is 15.9 Å². The fraction of sp³-hybridized carbons (Fsp3) is 0.167. The molecule has 1 aromatic carbocycles. The molecule has 0 unspecified atom stereocenters. The molecule has 0 bridgehead atoms. The van der Waals surface area contributed by atoms with Gasteiger partial charge >= 0.3 is 0 Å². The maximum absolute atomic E-state index is 13.5. The Hall–Kier alpha value is -1.40. The Bertz CT molecular complexity index is 631. The summed E-state index contributed by atoms with van der Waals surface area (Å²) in [7, 11) is 0. The third-order valence-electron chi connectivity index (χ3n) is 2.84. The number of fused-ring (bicyclic) bond motifs is 1. The number of nitrogens with zero attached hydrogens (tertiary/aromatic N) is 2. The predicted molar refractivity (Wildman–Crippen MR) is 65.6 cm³/mol. The lowest BCUT2D eigenvalue weighted by molar-refractivity contribution is 0.504. The SMILES string of the molecule is Fc1ccc(-c2ncc3c(n2)CNC3)c(Br)c1F. The summed E-state index contributed by atoms with van der Waals surface area (Å²) in [6.45, 7) is 1.42. The molecular formula is C12H8BrF2N3. The van der Waals surface area contributed by atoms with E-state index in [1.165, 1.54) is 6.07 Å². The summed E-state index contributed by atoms with van der Waals surface area (Å²) in [5.41, 5.74) is 2.39. The van der Waals surface area contributed by atoms with E-state index in [4.69, 9.17) is 0 Å². The van der Waals surface area contributed by atoms with Crippen LogP contribution < -0.4 is 5.32 Å². The average Bonchev–Trinajstić information content (AvgIpc) is 2.83. The number of nitrogens with one attached hydrogen (secondary N) is 1. The van der Waals surface area contributed by atoms with E-state index in [1.54, 1.807) is 6.20 Å². The zero-order chi connectivity index (χ0) is 12.7. The molecule has 18 heavy (non-hydrogen) atoms. The van der Waals surface area contributed by atoms with Gasteiger partial charge in [0.25, 0.3) is 0 Å². The van der Waals surface area contributed by atoms with Crippen LogP contribution in [-0.2, 0) is 13.1 Å². The molecule has 92 valence electrons. The van der Waals surface area contributed by atoms with Gasteiger partial charge in [-0.1, -0.05) is 0 Å². The van der Waals surface area contributed by atoms with Gasteiger partial charge in [0.15, 0.2) is 17.5 Å². The molecule has 1 N–H and O–H groups in total. The second-order valence-electron chi connectivity index (χ2n) is 3.99. The van der Waals surface area contributed by atoms with Gasteiger partial charge in [-0.15, -0.1) is 0 Å². The van der Waals surface area contributed by atoms with Gasteiger partial charge in [-0.05, 0) is 28.1 Å². The number of halogens is 3.